The first-order chi connectivity index (χ1) is 16.3. The van der Waals surface area contributed by atoms with Crippen LogP contribution in [-0.4, -0.2) is 35.5 Å². The number of hydrogen-bond donors (Lipinski definition) is 1. The monoisotopic (exact) mass is 513 g/mol. The molecule has 2 aromatic heterocycles. The lowest BCUT2D eigenvalue weighted by atomic mass is 10.1. The van der Waals surface area contributed by atoms with Crippen molar-refractivity contribution in [1.82, 2.24) is 9.55 Å². The number of carbonyl (C=O) groups is 1. The molecule has 1 saturated carbocycles. The van der Waals surface area contributed by atoms with Crippen LogP contribution in [0.1, 0.15) is 18.4 Å². The summed E-state index contributed by atoms with van der Waals surface area (Å²) in [5.41, 5.74) is 2.66. The molecular weight excluding hydrogens is 494 g/mol. The van der Waals surface area contributed by atoms with Crippen molar-refractivity contribution in [2.75, 3.05) is 11.1 Å². The second-order valence-electron chi connectivity index (χ2n) is 8.27. The standard InChI is InChI=1S/C24H20ClN3O4S2/c25-22-9-10-23(33-22)34(31,32)13-19(29)11-15-1-6-18(7-2-15)28-14-26-21-12-17(27-16-3-4-16)5-8-20(21)24(28)30/h1-2,5-10,12,14,16,27H,3-4,11,13H2. The van der Waals surface area contributed by atoms with Crippen LogP contribution < -0.4 is 10.9 Å². The third kappa shape index (κ3) is 4.91. The van der Waals surface area contributed by atoms with Crippen LogP contribution in [0.4, 0.5) is 5.69 Å². The minimum atomic E-state index is -3.72. The van der Waals surface area contributed by atoms with Gasteiger partial charge in [-0.2, -0.15) is 0 Å². The van der Waals surface area contributed by atoms with Crippen LogP contribution in [0.25, 0.3) is 16.6 Å². The fourth-order valence-electron chi connectivity index (χ4n) is 3.66. The molecule has 174 valence electrons. The Hall–Kier alpha value is -3.01. The van der Waals surface area contributed by atoms with Crippen LogP contribution in [0.2, 0.25) is 4.34 Å². The molecule has 10 heteroatoms. The molecule has 0 aliphatic heterocycles. The zero-order chi connectivity index (χ0) is 23.9. The summed E-state index contributed by atoms with van der Waals surface area (Å²) < 4.78 is 26.7. The number of carbonyl (C=O) groups excluding carboxylic acids is 1. The summed E-state index contributed by atoms with van der Waals surface area (Å²) in [4.78, 5) is 29.8. The third-order valence-corrected chi connectivity index (χ3v) is 9.02. The fourth-order valence-corrected chi connectivity index (χ4v) is 6.47. The minimum absolute atomic E-state index is 0.0275. The van der Waals surface area contributed by atoms with Gasteiger partial charge in [0.05, 0.1) is 20.9 Å². The van der Waals surface area contributed by atoms with Gasteiger partial charge in [0.15, 0.2) is 15.6 Å². The molecule has 0 saturated heterocycles. The zero-order valence-corrected chi connectivity index (χ0v) is 20.3. The van der Waals surface area contributed by atoms with E-state index < -0.39 is 21.4 Å². The lowest BCUT2D eigenvalue weighted by molar-refractivity contribution is -0.116. The van der Waals surface area contributed by atoms with Gasteiger partial charge in [0.1, 0.15) is 16.3 Å². The molecule has 1 N–H and O–H groups in total. The van der Waals surface area contributed by atoms with Crippen molar-refractivity contribution in [3.05, 3.63) is 81.2 Å². The van der Waals surface area contributed by atoms with E-state index in [0.29, 0.717) is 32.5 Å². The predicted molar refractivity (Wildman–Crippen MR) is 134 cm³/mol. The summed E-state index contributed by atoms with van der Waals surface area (Å²) >= 11 is 6.74. The third-order valence-electron chi connectivity index (χ3n) is 5.53. The Morgan fingerprint density at radius 2 is 1.88 bits per heavy atom. The van der Waals surface area contributed by atoms with E-state index in [-0.39, 0.29) is 16.2 Å². The highest BCUT2D eigenvalue weighted by Gasteiger charge is 2.22. The largest absolute Gasteiger partial charge is 0.382 e. The molecule has 5 rings (SSSR count). The fraction of sp³-hybridized carbons (Fsp3) is 0.208. The number of halogens is 1. The van der Waals surface area contributed by atoms with Gasteiger partial charge in [0.2, 0.25) is 0 Å². The Morgan fingerprint density at radius 3 is 2.56 bits per heavy atom. The summed E-state index contributed by atoms with van der Waals surface area (Å²) in [5, 5.41) is 3.92. The second kappa shape index (κ2) is 8.98. The van der Waals surface area contributed by atoms with E-state index in [1.165, 1.54) is 23.0 Å². The first-order valence-corrected chi connectivity index (χ1v) is 13.5. The van der Waals surface area contributed by atoms with Crippen molar-refractivity contribution in [3.8, 4) is 5.69 Å². The Labute approximate surface area is 205 Å². The van der Waals surface area contributed by atoms with Gasteiger partial charge in [0, 0.05) is 18.2 Å². The maximum Gasteiger partial charge on any atom is 0.265 e. The lowest BCUT2D eigenvalue weighted by Gasteiger charge is -2.09. The van der Waals surface area contributed by atoms with Crippen molar-refractivity contribution in [2.45, 2.75) is 29.5 Å². The quantitative estimate of drug-likeness (QED) is 0.378. The average Bonchev–Trinajstić information content (AvgIpc) is 3.50. The van der Waals surface area contributed by atoms with Crippen LogP contribution in [0.5, 0.6) is 0 Å². The molecular formula is C24H20ClN3O4S2. The van der Waals surface area contributed by atoms with Gasteiger partial charge >= 0.3 is 0 Å². The second-order valence-corrected chi connectivity index (χ2v) is 12.2. The topological polar surface area (TPSA) is 98.1 Å². The molecule has 4 aromatic rings. The number of nitrogens with zero attached hydrogens (tertiary/aromatic N) is 2. The van der Waals surface area contributed by atoms with Crippen molar-refractivity contribution in [1.29, 1.82) is 0 Å². The molecule has 2 aromatic carbocycles. The summed E-state index contributed by atoms with van der Waals surface area (Å²) in [5.74, 6) is -1.01. The Balaban J connectivity index is 1.31. The highest BCUT2D eigenvalue weighted by molar-refractivity contribution is 7.94. The SMILES string of the molecule is O=C(Cc1ccc(-n2cnc3cc(NC4CC4)ccc3c2=O)cc1)CS(=O)(=O)c1ccc(Cl)s1. The molecule has 1 aliphatic rings. The summed E-state index contributed by atoms with van der Waals surface area (Å²) in [6.45, 7) is 0. The summed E-state index contributed by atoms with van der Waals surface area (Å²) in [6, 6.07) is 15.8. The zero-order valence-electron chi connectivity index (χ0n) is 17.9. The van der Waals surface area contributed by atoms with Crippen molar-refractivity contribution in [3.63, 3.8) is 0 Å². The van der Waals surface area contributed by atoms with E-state index in [0.717, 1.165) is 29.9 Å². The molecule has 0 spiro atoms. The van der Waals surface area contributed by atoms with Gasteiger partial charge in [-0.05, 0) is 60.9 Å². The maximum atomic E-state index is 13.0. The van der Waals surface area contributed by atoms with Gasteiger partial charge in [0.25, 0.3) is 5.56 Å². The number of hydrogen-bond acceptors (Lipinski definition) is 7. The molecule has 2 heterocycles. The molecule has 0 bridgehead atoms. The first-order valence-electron chi connectivity index (χ1n) is 10.7. The number of thiophene rings is 1. The van der Waals surface area contributed by atoms with Gasteiger partial charge < -0.3 is 5.32 Å². The molecule has 1 aliphatic carbocycles. The van der Waals surface area contributed by atoms with E-state index >= 15 is 0 Å². The number of fused-ring (bicyclic) bond motifs is 1. The summed E-state index contributed by atoms with van der Waals surface area (Å²) in [6.07, 6.45) is 3.78. The number of anilines is 1. The number of sulfone groups is 1. The average molecular weight is 514 g/mol. The van der Waals surface area contributed by atoms with E-state index in [4.69, 9.17) is 11.6 Å². The molecule has 0 amide bonds. The molecule has 1 fully saturated rings. The van der Waals surface area contributed by atoms with E-state index in [1.807, 2.05) is 12.1 Å². The number of rotatable bonds is 8. The number of aromatic nitrogens is 2. The van der Waals surface area contributed by atoms with Crippen molar-refractivity contribution in [2.24, 2.45) is 0 Å². The smallest absolute Gasteiger partial charge is 0.265 e. The Morgan fingerprint density at radius 1 is 1.12 bits per heavy atom. The van der Waals surface area contributed by atoms with Gasteiger partial charge in [-0.15, -0.1) is 11.3 Å². The number of benzene rings is 2. The van der Waals surface area contributed by atoms with E-state index in [1.54, 1.807) is 30.3 Å². The van der Waals surface area contributed by atoms with Gasteiger partial charge in [-0.3, -0.25) is 14.2 Å². The van der Waals surface area contributed by atoms with E-state index in [9.17, 15) is 18.0 Å². The Bertz CT molecular complexity index is 1560. The first kappa shape index (κ1) is 22.8. The highest BCUT2D eigenvalue weighted by Crippen LogP contribution is 2.27. The predicted octanol–water partition coefficient (Wildman–Crippen LogP) is 4.26. The summed E-state index contributed by atoms with van der Waals surface area (Å²) in [7, 11) is -3.72. The minimum Gasteiger partial charge on any atom is -0.382 e. The van der Waals surface area contributed by atoms with Crippen LogP contribution in [0.15, 0.2) is 69.9 Å². The molecule has 0 radical (unpaired) electrons. The normalized spacial score (nSPS) is 13.8. The molecule has 0 unspecified atom stereocenters. The molecule has 7 nitrogen and oxygen atoms in total. The van der Waals surface area contributed by atoms with Crippen molar-refractivity contribution >= 4 is 55.1 Å². The molecule has 34 heavy (non-hydrogen) atoms. The Kier molecular flexibility index (Phi) is 6.01. The van der Waals surface area contributed by atoms with Crippen LogP contribution in [-0.2, 0) is 21.1 Å². The van der Waals surface area contributed by atoms with E-state index in [2.05, 4.69) is 10.3 Å². The van der Waals surface area contributed by atoms with Gasteiger partial charge in [-0.1, -0.05) is 23.7 Å². The van der Waals surface area contributed by atoms with Crippen LogP contribution in [0.3, 0.4) is 0 Å². The van der Waals surface area contributed by atoms with Crippen LogP contribution in [0, 0.1) is 0 Å². The lowest BCUT2D eigenvalue weighted by Crippen LogP contribution is -2.19. The maximum absolute atomic E-state index is 13.0. The van der Waals surface area contributed by atoms with Crippen LogP contribution >= 0.6 is 22.9 Å². The number of ketones is 1. The number of nitrogens with one attached hydrogen (secondary N) is 1. The van der Waals surface area contributed by atoms with Gasteiger partial charge in [-0.25, -0.2) is 13.4 Å². The number of Topliss-reactive ketones (excluding diaryl/α,β-unsaturated/α-hetero) is 1. The highest BCUT2D eigenvalue weighted by atomic mass is 35.5. The van der Waals surface area contributed by atoms with Crippen molar-refractivity contribution < 1.29 is 13.2 Å². The molecule has 0 atom stereocenters.